The molecule has 0 aromatic carbocycles. The van der Waals surface area contributed by atoms with Gasteiger partial charge in [-0.05, 0) is 12.8 Å². The van der Waals surface area contributed by atoms with E-state index in [2.05, 4.69) is 21.7 Å². The highest BCUT2D eigenvalue weighted by Crippen LogP contribution is 2.37. The molecule has 1 N–H and O–H groups in total. The van der Waals surface area contributed by atoms with E-state index in [1.807, 2.05) is 0 Å². The summed E-state index contributed by atoms with van der Waals surface area (Å²) in [6.07, 6.45) is 2.52. The van der Waals surface area contributed by atoms with Crippen molar-refractivity contribution in [2.24, 2.45) is 0 Å². The molecule has 3 rings (SSSR count). The normalized spacial score (nSPS) is 32.6. The van der Waals surface area contributed by atoms with Gasteiger partial charge in [0.2, 0.25) is 0 Å². The second kappa shape index (κ2) is 3.91. The molecule has 94 valence electrons. The van der Waals surface area contributed by atoms with Crippen LogP contribution in [0.5, 0.6) is 0 Å². The Balaban J connectivity index is 1.79. The summed E-state index contributed by atoms with van der Waals surface area (Å²) in [6.45, 7) is 6.82. The molecule has 0 spiro atoms. The zero-order valence-electron chi connectivity index (χ0n) is 10.2. The Morgan fingerprint density at radius 2 is 2.24 bits per heavy atom. The third kappa shape index (κ3) is 1.69. The van der Waals surface area contributed by atoms with Crippen LogP contribution in [-0.4, -0.2) is 60.6 Å². The van der Waals surface area contributed by atoms with Crippen LogP contribution >= 0.6 is 0 Å². The lowest BCUT2D eigenvalue weighted by molar-refractivity contribution is -0.145. The summed E-state index contributed by atoms with van der Waals surface area (Å²) >= 11 is 0. The van der Waals surface area contributed by atoms with Gasteiger partial charge in [0.15, 0.2) is 0 Å². The number of carbonyl (C=O) groups excluding carboxylic acids is 1. The first-order chi connectivity index (χ1) is 8.22. The highest BCUT2D eigenvalue weighted by molar-refractivity contribution is 5.77. The molecular formula is C12H19N3O2. The van der Waals surface area contributed by atoms with Gasteiger partial charge in [-0.3, -0.25) is 4.79 Å². The van der Waals surface area contributed by atoms with Crippen molar-refractivity contribution in [1.29, 1.82) is 0 Å². The van der Waals surface area contributed by atoms with E-state index in [1.54, 1.807) is 0 Å². The summed E-state index contributed by atoms with van der Waals surface area (Å²) in [6, 6.07) is 0.630. The van der Waals surface area contributed by atoms with Crippen LogP contribution < -0.4 is 5.32 Å². The van der Waals surface area contributed by atoms with E-state index in [0.29, 0.717) is 6.04 Å². The van der Waals surface area contributed by atoms with E-state index < -0.39 is 0 Å². The maximum Gasteiger partial charge on any atom is 0.325 e. The molecule has 5 nitrogen and oxygen atoms in total. The fourth-order valence-corrected chi connectivity index (χ4v) is 2.93. The van der Waals surface area contributed by atoms with E-state index in [-0.39, 0.29) is 18.1 Å². The van der Waals surface area contributed by atoms with E-state index in [1.165, 1.54) is 20.0 Å². The molecule has 3 aliphatic rings. The maximum atomic E-state index is 11.7. The molecule has 0 radical (unpaired) electrons. The Hall–Kier alpha value is -1.23. The third-order valence-corrected chi connectivity index (χ3v) is 3.99. The second-order valence-electron chi connectivity index (χ2n) is 5.02. The minimum atomic E-state index is -0.214. The number of hydrogen-bond donors (Lipinski definition) is 1. The Labute approximate surface area is 101 Å². The minimum Gasteiger partial charge on any atom is -0.468 e. The fraction of sp³-hybridized carbons (Fsp3) is 0.750. The van der Waals surface area contributed by atoms with Crippen molar-refractivity contribution in [3.63, 3.8) is 0 Å². The maximum absolute atomic E-state index is 11.7. The van der Waals surface area contributed by atoms with E-state index >= 15 is 0 Å². The van der Waals surface area contributed by atoms with Gasteiger partial charge in [0, 0.05) is 25.7 Å². The number of fused-ring (bicyclic) bond motifs is 1. The van der Waals surface area contributed by atoms with Crippen molar-refractivity contribution in [3.8, 4) is 0 Å². The van der Waals surface area contributed by atoms with Crippen LogP contribution in [0.3, 0.4) is 0 Å². The van der Waals surface area contributed by atoms with Gasteiger partial charge >= 0.3 is 5.97 Å². The molecule has 1 aliphatic carbocycles. The van der Waals surface area contributed by atoms with Crippen LogP contribution in [0.2, 0.25) is 0 Å². The zero-order chi connectivity index (χ0) is 12.0. The number of ether oxygens (including phenoxy) is 1. The lowest BCUT2D eigenvalue weighted by atomic mass is 10.1. The molecule has 1 saturated carbocycles. The van der Waals surface area contributed by atoms with Crippen LogP contribution in [-0.2, 0) is 9.53 Å². The van der Waals surface area contributed by atoms with E-state index in [4.69, 9.17) is 4.74 Å². The molecule has 2 aliphatic heterocycles. The average molecular weight is 237 g/mol. The number of esters is 1. The molecule has 2 unspecified atom stereocenters. The van der Waals surface area contributed by atoms with Gasteiger partial charge in [0.05, 0.1) is 19.0 Å². The molecule has 17 heavy (non-hydrogen) atoms. The summed E-state index contributed by atoms with van der Waals surface area (Å²) < 4.78 is 4.87. The first-order valence-electron chi connectivity index (χ1n) is 6.26. The largest absolute Gasteiger partial charge is 0.468 e. The Bertz CT molecular complexity index is 354. The molecule has 3 fully saturated rings. The molecule has 2 atom stereocenters. The van der Waals surface area contributed by atoms with Crippen molar-refractivity contribution >= 4 is 5.97 Å². The average Bonchev–Trinajstić information content (AvgIpc) is 3.14. The molecule has 0 aromatic rings. The zero-order valence-corrected chi connectivity index (χ0v) is 10.2. The lowest BCUT2D eigenvalue weighted by Crippen LogP contribution is -2.59. The number of nitrogens with one attached hydrogen (secondary N) is 1. The molecule has 2 heterocycles. The number of methoxy groups -OCH3 is 1. The van der Waals surface area contributed by atoms with Crippen LogP contribution in [0.25, 0.3) is 0 Å². The number of nitrogens with zero attached hydrogens (tertiary/aromatic N) is 2. The van der Waals surface area contributed by atoms with Gasteiger partial charge in [-0.25, -0.2) is 0 Å². The van der Waals surface area contributed by atoms with Crippen LogP contribution in [0, 0.1) is 0 Å². The first kappa shape index (κ1) is 10.9. The van der Waals surface area contributed by atoms with Crippen LogP contribution in [0.1, 0.15) is 12.8 Å². The van der Waals surface area contributed by atoms with Gasteiger partial charge < -0.3 is 19.9 Å². The lowest BCUT2D eigenvalue weighted by Gasteiger charge is -2.36. The van der Waals surface area contributed by atoms with Crippen LogP contribution in [0.4, 0.5) is 0 Å². The van der Waals surface area contributed by atoms with Gasteiger partial charge in [-0.15, -0.1) is 0 Å². The van der Waals surface area contributed by atoms with Crippen LogP contribution in [0.15, 0.2) is 12.4 Å². The minimum absolute atomic E-state index is 0.162. The molecular weight excluding hydrogens is 218 g/mol. The van der Waals surface area contributed by atoms with E-state index in [9.17, 15) is 4.79 Å². The van der Waals surface area contributed by atoms with Crippen molar-refractivity contribution in [1.82, 2.24) is 15.1 Å². The van der Waals surface area contributed by atoms with Gasteiger partial charge in [-0.2, -0.15) is 0 Å². The van der Waals surface area contributed by atoms with Crippen molar-refractivity contribution in [2.45, 2.75) is 31.0 Å². The third-order valence-electron chi connectivity index (χ3n) is 3.99. The highest BCUT2D eigenvalue weighted by Gasteiger charge is 2.47. The molecule has 0 bridgehead atoms. The second-order valence-corrected chi connectivity index (χ2v) is 5.02. The molecule has 0 aromatic heterocycles. The quantitative estimate of drug-likeness (QED) is 0.671. The van der Waals surface area contributed by atoms with E-state index in [0.717, 1.165) is 25.5 Å². The first-order valence-corrected chi connectivity index (χ1v) is 6.26. The van der Waals surface area contributed by atoms with Crippen molar-refractivity contribution < 1.29 is 9.53 Å². The summed E-state index contributed by atoms with van der Waals surface area (Å²) in [5.41, 5.74) is 0. The predicted molar refractivity (Wildman–Crippen MR) is 63.2 cm³/mol. The summed E-state index contributed by atoms with van der Waals surface area (Å²) in [5, 5.41) is 3.26. The highest BCUT2D eigenvalue weighted by atomic mass is 16.5. The topological polar surface area (TPSA) is 44.8 Å². The van der Waals surface area contributed by atoms with Crippen molar-refractivity contribution in [3.05, 3.63) is 12.4 Å². The number of carbonyl (C=O) groups is 1. The number of hydrogen-bond acceptors (Lipinski definition) is 5. The summed E-state index contributed by atoms with van der Waals surface area (Å²) in [7, 11) is 1.45. The smallest absolute Gasteiger partial charge is 0.325 e. The summed E-state index contributed by atoms with van der Waals surface area (Å²) in [4.78, 5) is 16.4. The Kier molecular flexibility index (Phi) is 2.50. The Morgan fingerprint density at radius 3 is 2.88 bits per heavy atom. The molecule has 5 heteroatoms. The van der Waals surface area contributed by atoms with Gasteiger partial charge in [0.1, 0.15) is 6.04 Å². The standard InChI is InChI=1S/C12H19N3O2/c1-8-14-6-5-13-11(12(16)17-2)10(14)7-15(8)9-3-4-9/h9-11,13H,1,3-7H2,2H3. The number of rotatable bonds is 2. The van der Waals surface area contributed by atoms with Crippen molar-refractivity contribution in [2.75, 3.05) is 26.7 Å². The SMILES string of the molecule is C=C1N(C2CC2)CC2C(C(=O)OC)NCCN12. The monoisotopic (exact) mass is 237 g/mol. The Morgan fingerprint density at radius 1 is 1.47 bits per heavy atom. The molecule has 2 saturated heterocycles. The van der Waals surface area contributed by atoms with Gasteiger partial charge in [0.25, 0.3) is 0 Å². The molecule has 0 amide bonds. The summed E-state index contributed by atoms with van der Waals surface area (Å²) in [5.74, 6) is 0.929. The fourth-order valence-electron chi connectivity index (χ4n) is 2.93. The predicted octanol–water partition coefficient (Wildman–Crippen LogP) is -0.249. The number of piperazine rings is 1. The van der Waals surface area contributed by atoms with Gasteiger partial charge in [-0.1, -0.05) is 6.58 Å².